The molecule has 1 saturated carbocycles. The second-order valence-electron chi connectivity index (χ2n) is 8.24. The Labute approximate surface area is 179 Å². The Balaban J connectivity index is 1.20. The van der Waals surface area contributed by atoms with Gasteiger partial charge in [0, 0.05) is 45.0 Å². The third kappa shape index (κ3) is 5.72. The number of ether oxygens (including phenoxy) is 1. The van der Waals surface area contributed by atoms with E-state index in [1.807, 2.05) is 37.4 Å². The van der Waals surface area contributed by atoms with Crippen LogP contribution in [0, 0.1) is 0 Å². The zero-order chi connectivity index (χ0) is 20.6. The summed E-state index contributed by atoms with van der Waals surface area (Å²) in [5.41, 5.74) is 2.12. The van der Waals surface area contributed by atoms with E-state index in [2.05, 4.69) is 37.6 Å². The molecular formula is C24H33N5O. The summed E-state index contributed by atoms with van der Waals surface area (Å²) in [5, 5.41) is 7.05. The molecule has 0 radical (unpaired) electrons. The first-order chi connectivity index (χ1) is 14.8. The highest BCUT2D eigenvalue weighted by Crippen LogP contribution is 2.26. The molecule has 0 bridgehead atoms. The maximum Gasteiger partial charge on any atom is 0.191 e. The van der Waals surface area contributed by atoms with Gasteiger partial charge in [-0.05, 0) is 49.1 Å². The highest BCUT2D eigenvalue weighted by Gasteiger charge is 2.30. The van der Waals surface area contributed by atoms with Crippen LogP contribution in [0.5, 0.6) is 5.75 Å². The first-order valence-corrected chi connectivity index (χ1v) is 11.1. The summed E-state index contributed by atoms with van der Waals surface area (Å²) < 4.78 is 5.81. The van der Waals surface area contributed by atoms with Gasteiger partial charge in [0.2, 0.25) is 0 Å². The molecule has 2 fully saturated rings. The summed E-state index contributed by atoms with van der Waals surface area (Å²) in [6.45, 7) is 3.56. The molecule has 2 N–H and O–H groups in total. The lowest BCUT2D eigenvalue weighted by molar-refractivity contribution is 0.242. The number of guanidine groups is 1. The normalized spacial score (nSPS) is 20.4. The van der Waals surface area contributed by atoms with Crippen molar-refractivity contribution in [1.82, 2.24) is 20.5 Å². The summed E-state index contributed by atoms with van der Waals surface area (Å²) in [4.78, 5) is 11.4. The molecule has 0 amide bonds. The van der Waals surface area contributed by atoms with Crippen LogP contribution in [0.3, 0.4) is 0 Å². The maximum atomic E-state index is 5.81. The molecule has 1 aromatic heterocycles. The minimum Gasteiger partial charge on any atom is -0.487 e. The predicted molar refractivity (Wildman–Crippen MR) is 121 cm³/mol. The van der Waals surface area contributed by atoms with Crippen molar-refractivity contribution in [3.05, 3.63) is 59.9 Å². The maximum absolute atomic E-state index is 5.81. The van der Waals surface area contributed by atoms with Crippen LogP contribution >= 0.6 is 0 Å². The molecule has 1 aliphatic carbocycles. The fraction of sp³-hybridized carbons (Fsp3) is 0.500. The van der Waals surface area contributed by atoms with Crippen LogP contribution in [0.25, 0.3) is 0 Å². The number of benzene rings is 1. The van der Waals surface area contributed by atoms with Gasteiger partial charge in [-0.1, -0.05) is 31.0 Å². The predicted octanol–water partition coefficient (Wildman–Crippen LogP) is 3.34. The van der Waals surface area contributed by atoms with E-state index >= 15 is 0 Å². The first kappa shape index (κ1) is 20.7. The fourth-order valence-electron chi connectivity index (χ4n) is 4.42. The highest BCUT2D eigenvalue weighted by atomic mass is 16.5. The standard InChI is InChI=1S/C24H33N5O/c1-25-24(28-20-13-15-29(17-20)22-7-2-3-8-22)27-16-19-9-11-23(12-10-19)30-18-21-6-4-5-14-26-21/h4-6,9-12,14,20,22H,2-3,7-8,13,15-18H2,1H3,(H2,25,27,28). The van der Waals surface area contributed by atoms with Crippen LogP contribution in [0.15, 0.2) is 53.7 Å². The number of hydrogen-bond acceptors (Lipinski definition) is 4. The number of pyridine rings is 1. The van der Waals surface area contributed by atoms with Crippen molar-refractivity contribution >= 4 is 5.96 Å². The van der Waals surface area contributed by atoms with Crippen LogP contribution in [0.2, 0.25) is 0 Å². The van der Waals surface area contributed by atoms with Gasteiger partial charge in [-0.3, -0.25) is 14.9 Å². The smallest absolute Gasteiger partial charge is 0.191 e. The summed E-state index contributed by atoms with van der Waals surface area (Å²) in [6, 6.07) is 15.3. The minimum atomic E-state index is 0.480. The van der Waals surface area contributed by atoms with Crippen molar-refractivity contribution in [2.24, 2.45) is 4.99 Å². The van der Waals surface area contributed by atoms with Crippen LogP contribution in [0.1, 0.15) is 43.4 Å². The lowest BCUT2D eigenvalue weighted by Crippen LogP contribution is -2.45. The summed E-state index contributed by atoms with van der Waals surface area (Å²) in [6.07, 6.45) is 8.53. The van der Waals surface area contributed by atoms with Gasteiger partial charge in [-0.15, -0.1) is 0 Å². The van der Waals surface area contributed by atoms with Crippen molar-refractivity contribution in [3.63, 3.8) is 0 Å². The lowest BCUT2D eigenvalue weighted by atomic mass is 10.2. The fourth-order valence-corrected chi connectivity index (χ4v) is 4.42. The number of likely N-dealkylation sites (tertiary alicyclic amines) is 1. The number of rotatable bonds is 7. The first-order valence-electron chi connectivity index (χ1n) is 11.1. The van der Waals surface area contributed by atoms with Crippen molar-refractivity contribution in [3.8, 4) is 5.75 Å². The van der Waals surface area contributed by atoms with E-state index in [0.29, 0.717) is 12.6 Å². The monoisotopic (exact) mass is 407 g/mol. The van der Waals surface area contributed by atoms with Gasteiger partial charge in [0.15, 0.2) is 5.96 Å². The number of aromatic nitrogens is 1. The van der Waals surface area contributed by atoms with Crippen molar-refractivity contribution in [2.75, 3.05) is 20.1 Å². The quantitative estimate of drug-likeness (QED) is 0.544. The molecule has 1 aliphatic heterocycles. The molecule has 2 aromatic rings. The average Bonchev–Trinajstić information content (AvgIpc) is 3.49. The third-order valence-electron chi connectivity index (χ3n) is 6.12. The molecule has 1 aromatic carbocycles. The van der Waals surface area contributed by atoms with Gasteiger partial charge in [0.25, 0.3) is 0 Å². The Morgan fingerprint density at radius 2 is 1.97 bits per heavy atom. The number of nitrogens with zero attached hydrogens (tertiary/aromatic N) is 3. The minimum absolute atomic E-state index is 0.480. The van der Waals surface area contributed by atoms with Gasteiger partial charge in [-0.25, -0.2) is 0 Å². The van der Waals surface area contributed by atoms with Crippen molar-refractivity contribution in [1.29, 1.82) is 0 Å². The number of hydrogen-bond donors (Lipinski definition) is 2. The van der Waals surface area contributed by atoms with E-state index in [9.17, 15) is 0 Å². The summed E-state index contributed by atoms with van der Waals surface area (Å²) >= 11 is 0. The second kappa shape index (κ2) is 10.4. The van der Waals surface area contributed by atoms with Gasteiger partial charge in [0.05, 0.1) is 5.69 Å². The molecule has 160 valence electrons. The third-order valence-corrected chi connectivity index (χ3v) is 6.12. The van der Waals surface area contributed by atoms with Crippen LogP contribution in [-0.4, -0.2) is 48.1 Å². The Kier molecular flexibility index (Phi) is 7.19. The van der Waals surface area contributed by atoms with Gasteiger partial charge >= 0.3 is 0 Å². The Morgan fingerprint density at radius 1 is 1.13 bits per heavy atom. The van der Waals surface area contributed by atoms with E-state index in [1.54, 1.807) is 6.20 Å². The van der Waals surface area contributed by atoms with E-state index in [1.165, 1.54) is 44.2 Å². The largest absolute Gasteiger partial charge is 0.487 e. The Morgan fingerprint density at radius 3 is 2.70 bits per heavy atom. The van der Waals surface area contributed by atoms with Crippen LogP contribution < -0.4 is 15.4 Å². The zero-order valence-electron chi connectivity index (χ0n) is 17.9. The van der Waals surface area contributed by atoms with Gasteiger partial charge < -0.3 is 15.4 Å². The van der Waals surface area contributed by atoms with E-state index < -0.39 is 0 Å². The SMILES string of the molecule is CN=C(NCc1ccc(OCc2ccccn2)cc1)NC1CCN(C2CCCC2)C1. The molecule has 30 heavy (non-hydrogen) atoms. The number of nitrogens with one attached hydrogen (secondary N) is 2. The van der Waals surface area contributed by atoms with Gasteiger partial charge in [-0.2, -0.15) is 0 Å². The molecule has 1 saturated heterocycles. The molecule has 6 nitrogen and oxygen atoms in total. The van der Waals surface area contributed by atoms with Gasteiger partial charge in [0.1, 0.15) is 12.4 Å². The highest BCUT2D eigenvalue weighted by molar-refractivity contribution is 5.80. The molecule has 2 heterocycles. The van der Waals surface area contributed by atoms with Crippen molar-refractivity contribution < 1.29 is 4.74 Å². The lowest BCUT2D eigenvalue weighted by Gasteiger charge is -2.24. The summed E-state index contributed by atoms with van der Waals surface area (Å²) in [5.74, 6) is 1.73. The van der Waals surface area contributed by atoms with Crippen LogP contribution in [0.4, 0.5) is 0 Å². The molecule has 6 heteroatoms. The summed E-state index contributed by atoms with van der Waals surface area (Å²) in [7, 11) is 1.84. The second-order valence-corrected chi connectivity index (χ2v) is 8.24. The molecular weight excluding hydrogens is 374 g/mol. The van der Waals surface area contributed by atoms with E-state index in [4.69, 9.17) is 4.74 Å². The zero-order valence-corrected chi connectivity index (χ0v) is 17.9. The molecule has 1 unspecified atom stereocenters. The molecule has 2 aliphatic rings. The van der Waals surface area contributed by atoms with E-state index in [0.717, 1.165) is 36.5 Å². The Hall–Kier alpha value is -2.60. The van der Waals surface area contributed by atoms with E-state index in [-0.39, 0.29) is 0 Å². The molecule has 0 spiro atoms. The van der Waals surface area contributed by atoms with Crippen LogP contribution in [-0.2, 0) is 13.2 Å². The van der Waals surface area contributed by atoms with Crippen molar-refractivity contribution in [2.45, 2.75) is 57.3 Å². The molecule has 4 rings (SSSR count). The number of aliphatic imine (C=N–C) groups is 1. The topological polar surface area (TPSA) is 61.8 Å². The average molecular weight is 408 g/mol. The Bertz CT molecular complexity index is 802. The molecule has 1 atom stereocenters.